The lowest BCUT2D eigenvalue weighted by atomic mass is 9.51. The van der Waals surface area contributed by atoms with Gasteiger partial charge in [-0.1, -0.05) is 31.2 Å². The van der Waals surface area contributed by atoms with Gasteiger partial charge in [0.2, 0.25) is 0 Å². The summed E-state index contributed by atoms with van der Waals surface area (Å²) in [7, 11) is 0. The topological polar surface area (TPSA) is 137 Å². The van der Waals surface area contributed by atoms with Gasteiger partial charge < -0.3 is 38.6 Å². The van der Waals surface area contributed by atoms with Gasteiger partial charge in [-0.05, 0) is 32.8 Å². The first kappa shape index (κ1) is 27.1. The molecule has 0 aromatic heterocycles. The van der Waals surface area contributed by atoms with Crippen molar-refractivity contribution in [2.24, 2.45) is 10.8 Å². The molecule has 2 aliphatic carbocycles. The average molecular weight is 547 g/mol. The molecule has 2 N–H and O–H groups in total. The minimum absolute atomic E-state index is 0.0468. The Kier molecular flexibility index (Phi) is 6.41. The summed E-state index contributed by atoms with van der Waals surface area (Å²) in [6.07, 6.45) is 5.01. The van der Waals surface area contributed by atoms with Crippen LogP contribution in [0.2, 0.25) is 0 Å². The fourth-order valence-electron chi connectivity index (χ4n) is 7.38. The Hall–Kier alpha value is -2.08. The van der Waals surface area contributed by atoms with Crippen LogP contribution in [0.15, 0.2) is 36.0 Å². The molecular formula is C29H38O10. The number of fused-ring (bicyclic) bond motifs is 1. The molecule has 4 heterocycles. The predicted octanol–water partition coefficient (Wildman–Crippen LogP) is 1.52. The van der Waals surface area contributed by atoms with Crippen LogP contribution in [0.25, 0.3) is 0 Å². The van der Waals surface area contributed by atoms with Crippen molar-refractivity contribution in [3.05, 3.63) is 36.0 Å². The number of epoxide rings is 2. The molecule has 214 valence electrons. The third kappa shape index (κ3) is 4.06. The molecule has 4 fully saturated rings. The summed E-state index contributed by atoms with van der Waals surface area (Å²) >= 11 is 0. The Bertz CT molecular complexity index is 1120. The molecule has 3 saturated heterocycles. The highest BCUT2D eigenvalue weighted by molar-refractivity contribution is 5.82. The Morgan fingerprint density at radius 3 is 2.62 bits per heavy atom. The maximum Gasteiger partial charge on any atom is 0.338 e. The van der Waals surface area contributed by atoms with Crippen molar-refractivity contribution < 1.29 is 48.2 Å². The van der Waals surface area contributed by atoms with Crippen LogP contribution < -0.4 is 0 Å². The molecular weight excluding hydrogens is 508 g/mol. The minimum Gasteiger partial charge on any atom is -0.463 e. The van der Waals surface area contributed by atoms with Gasteiger partial charge in [0, 0.05) is 24.3 Å². The van der Waals surface area contributed by atoms with E-state index in [4.69, 9.17) is 28.4 Å². The van der Waals surface area contributed by atoms with E-state index in [0.29, 0.717) is 19.4 Å². The Balaban J connectivity index is 1.37. The van der Waals surface area contributed by atoms with Crippen molar-refractivity contribution in [3.63, 3.8) is 0 Å². The van der Waals surface area contributed by atoms with E-state index in [1.165, 1.54) is 6.08 Å². The van der Waals surface area contributed by atoms with E-state index in [9.17, 15) is 19.8 Å². The zero-order chi connectivity index (χ0) is 27.8. The second-order valence-electron chi connectivity index (χ2n) is 12.4. The van der Waals surface area contributed by atoms with Gasteiger partial charge in [0.05, 0.1) is 43.0 Å². The van der Waals surface area contributed by atoms with Crippen LogP contribution >= 0.6 is 0 Å². The normalized spacial score (nSPS) is 50.1. The van der Waals surface area contributed by atoms with E-state index in [1.807, 2.05) is 26.8 Å². The maximum absolute atomic E-state index is 13.3. The summed E-state index contributed by atoms with van der Waals surface area (Å²) < 4.78 is 36.3. The lowest BCUT2D eigenvalue weighted by Crippen LogP contribution is -2.68. The van der Waals surface area contributed by atoms with E-state index in [0.717, 1.165) is 5.57 Å². The van der Waals surface area contributed by atoms with Gasteiger partial charge in [-0.25, -0.2) is 9.59 Å². The maximum atomic E-state index is 13.3. The fraction of sp³-hybridized carbons (Fsp3) is 0.724. The average Bonchev–Trinajstić information content (AvgIpc) is 3.78. The third-order valence-electron chi connectivity index (χ3n) is 10.2. The molecule has 2 bridgehead atoms. The van der Waals surface area contributed by atoms with Gasteiger partial charge in [0.1, 0.15) is 30.0 Å². The molecule has 0 amide bonds. The quantitative estimate of drug-likeness (QED) is 0.283. The number of hydrogen-bond donors (Lipinski definition) is 2. The molecule has 39 heavy (non-hydrogen) atoms. The van der Waals surface area contributed by atoms with E-state index in [1.54, 1.807) is 25.2 Å². The minimum atomic E-state index is -0.899. The molecule has 6 rings (SSSR count). The van der Waals surface area contributed by atoms with Crippen LogP contribution in [-0.4, -0.2) is 95.9 Å². The molecule has 11 unspecified atom stereocenters. The second kappa shape index (κ2) is 9.22. The SMILES string of the molecule is CC1=CC2OC3CC4OC(=O)C=CC=CC(C(C)O)OCCC5(C)OC5C(=O)OCC2(CC1O)C4(C)C31CO1. The Labute approximate surface area is 227 Å². The molecule has 0 aromatic carbocycles. The first-order valence-corrected chi connectivity index (χ1v) is 13.8. The van der Waals surface area contributed by atoms with Crippen molar-refractivity contribution in [2.45, 2.75) is 101 Å². The highest BCUT2D eigenvalue weighted by Gasteiger charge is 2.83. The smallest absolute Gasteiger partial charge is 0.338 e. The fourth-order valence-corrected chi connectivity index (χ4v) is 7.38. The van der Waals surface area contributed by atoms with Crippen LogP contribution in [0.3, 0.4) is 0 Å². The van der Waals surface area contributed by atoms with Crippen molar-refractivity contribution >= 4 is 11.9 Å². The first-order chi connectivity index (χ1) is 18.5. The first-order valence-electron chi connectivity index (χ1n) is 13.8. The zero-order valence-corrected chi connectivity index (χ0v) is 22.8. The molecule has 10 nitrogen and oxygen atoms in total. The lowest BCUT2D eigenvalue weighted by molar-refractivity contribution is -0.239. The summed E-state index contributed by atoms with van der Waals surface area (Å²) in [5.74, 6) is -1.02. The molecule has 2 spiro atoms. The Morgan fingerprint density at radius 2 is 1.90 bits per heavy atom. The van der Waals surface area contributed by atoms with Gasteiger partial charge in [0.15, 0.2) is 6.10 Å². The van der Waals surface area contributed by atoms with E-state index in [2.05, 4.69) is 0 Å². The standard InChI is InChI=1S/C29H38O10/c1-16-11-21-28(13-18(16)31)14-35-25(33)24-26(3,39-24)9-10-34-19(17(2)30)7-5-6-8-23(32)38-20-12-22(37-21)29(15-36-29)27(20,28)4/h5-8,11,17-22,24,30-31H,9-10,12-15H2,1-4H3. The van der Waals surface area contributed by atoms with Crippen LogP contribution in [-0.2, 0) is 38.0 Å². The number of carbonyl (C=O) groups is 2. The summed E-state index contributed by atoms with van der Waals surface area (Å²) in [5.41, 5.74) is -2.33. The number of aliphatic hydroxyl groups is 2. The van der Waals surface area contributed by atoms with Gasteiger partial charge in [-0.3, -0.25) is 0 Å². The van der Waals surface area contributed by atoms with Crippen molar-refractivity contribution in [1.29, 1.82) is 0 Å². The highest BCUT2D eigenvalue weighted by atomic mass is 16.7. The Morgan fingerprint density at radius 1 is 1.13 bits per heavy atom. The number of carbonyl (C=O) groups excluding carboxylic acids is 2. The van der Waals surface area contributed by atoms with Crippen LogP contribution in [0.1, 0.15) is 47.0 Å². The van der Waals surface area contributed by atoms with E-state index >= 15 is 0 Å². The molecule has 4 aliphatic heterocycles. The third-order valence-corrected chi connectivity index (χ3v) is 10.2. The number of cyclic esters (lactones) is 1. The van der Waals surface area contributed by atoms with Crippen LogP contribution in [0, 0.1) is 10.8 Å². The van der Waals surface area contributed by atoms with Crippen LogP contribution in [0.5, 0.6) is 0 Å². The molecule has 10 heteroatoms. The zero-order valence-electron chi connectivity index (χ0n) is 22.8. The lowest BCUT2D eigenvalue weighted by Gasteiger charge is -2.58. The number of rotatable bonds is 1. The van der Waals surface area contributed by atoms with E-state index in [-0.39, 0.29) is 25.7 Å². The number of aliphatic hydroxyl groups excluding tert-OH is 2. The molecule has 1 saturated carbocycles. The summed E-state index contributed by atoms with van der Waals surface area (Å²) in [6, 6.07) is 0. The van der Waals surface area contributed by atoms with Crippen molar-refractivity contribution in [3.8, 4) is 0 Å². The number of esters is 2. The number of hydrogen-bond acceptors (Lipinski definition) is 10. The summed E-state index contributed by atoms with van der Waals surface area (Å²) in [6.45, 7) is 7.98. The predicted molar refractivity (Wildman–Crippen MR) is 135 cm³/mol. The number of allylic oxidation sites excluding steroid dienone is 2. The molecule has 0 aromatic rings. The number of ether oxygens (including phenoxy) is 6. The van der Waals surface area contributed by atoms with E-state index < -0.39 is 70.6 Å². The van der Waals surface area contributed by atoms with Gasteiger partial charge in [-0.15, -0.1) is 0 Å². The summed E-state index contributed by atoms with van der Waals surface area (Å²) in [4.78, 5) is 26.2. The monoisotopic (exact) mass is 546 g/mol. The van der Waals surface area contributed by atoms with Crippen LogP contribution in [0.4, 0.5) is 0 Å². The molecule has 0 radical (unpaired) electrons. The second-order valence-corrected chi connectivity index (χ2v) is 12.4. The van der Waals surface area contributed by atoms with Gasteiger partial charge in [-0.2, -0.15) is 0 Å². The molecule has 6 aliphatic rings. The highest BCUT2D eigenvalue weighted by Crippen LogP contribution is 2.72. The van der Waals surface area contributed by atoms with Crippen molar-refractivity contribution in [1.82, 2.24) is 0 Å². The molecule has 11 atom stereocenters. The summed E-state index contributed by atoms with van der Waals surface area (Å²) in [5, 5.41) is 21.1. The largest absolute Gasteiger partial charge is 0.463 e. The van der Waals surface area contributed by atoms with Gasteiger partial charge >= 0.3 is 11.9 Å². The van der Waals surface area contributed by atoms with Crippen molar-refractivity contribution in [2.75, 3.05) is 19.8 Å². The van der Waals surface area contributed by atoms with Gasteiger partial charge in [0.25, 0.3) is 0 Å².